The highest BCUT2D eigenvalue weighted by Crippen LogP contribution is 2.21. The molecule has 1 aromatic carbocycles. The molecule has 1 saturated heterocycles. The molecule has 1 aliphatic rings. The van der Waals surface area contributed by atoms with Crippen molar-refractivity contribution in [3.05, 3.63) is 24.3 Å². The third-order valence-electron chi connectivity index (χ3n) is 4.05. The van der Waals surface area contributed by atoms with E-state index in [2.05, 4.69) is 17.0 Å². The van der Waals surface area contributed by atoms with Crippen LogP contribution in [0.4, 0.5) is 5.69 Å². The van der Waals surface area contributed by atoms with Crippen LogP contribution < -0.4 is 15.4 Å². The fourth-order valence-corrected chi connectivity index (χ4v) is 2.66. The average molecular weight is 291 g/mol. The van der Waals surface area contributed by atoms with Crippen LogP contribution in [0, 0.1) is 5.92 Å². The Morgan fingerprint density at radius 3 is 2.38 bits per heavy atom. The van der Waals surface area contributed by atoms with Gasteiger partial charge in [0.05, 0.1) is 7.11 Å². The number of rotatable bonds is 5. The Labute approximate surface area is 126 Å². The first kappa shape index (κ1) is 15.6. The van der Waals surface area contributed by atoms with E-state index in [1.807, 2.05) is 24.0 Å². The summed E-state index contributed by atoms with van der Waals surface area (Å²) in [6.07, 6.45) is 0.761. The molecule has 1 aliphatic heterocycles. The zero-order valence-electron chi connectivity index (χ0n) is 12.9. The van der Waals surface area contributed by atoms with Gasteiger partial charge in [0.1, 0.15) is 5.75 Å². The van der Waals surface area contributed by atoms with Crippen LogP contribution >= 0.6 is 0 Å². The molecule has 0 bridgehead atoms. The number of methoxy groups -OCH3 is 1. The minimum Gasteiger partial charge on any atom is -0.497 e. The van der Waals surface area contributed by atoms with Gasteiger partial charge in [-0.1, -0.05) is 6.92 Å². The van der Waals surface area contributed by atoms with Crippen molar-refractivity contribution < 1.29 is 9.53 Å². The number of anilines is 1. The van der Waals surface area contributed by atoms with Gasteiger partial charge in [0, 0.05) is 37.8 Å². The molecular formula is C16H25N3O2. The predicted octanol–water partition coefficient (Wildman–Crippen LogP) is 1.33. The summed E-state index contributed by atoms with van der Waals surface area (Å²) in [5, 5.41) is 0. The molecule has 0 radical (unpaired) electrons. The van der Waals surface area contributed by atoms with Crippen LogP contribution in [0.5, 0.6) is 5.75 Å². The molecule has 0 aromatic heterocycles. The number of nitrogens with two attached hydrogens (primary N) is 1. The fraction of sp³-hybridized carbons (Fsp3) is 0.562. The van der Waals surface area contributed by atoms with Gasteiger partial charge in [-0.15, -0.1) is 0 Å². The van der Waals surface area contributed by atoms with Crippen molar-refractivity contribution in [2.45, 2.75) is 13.3 Å². The van der Waals surface area contributed by atoms with Crippen molar-refractivity contribution in [2.24, 2.45) is 11.7 Å². The summed E-state index contributed by atoms with van der Waals surface area (Å²) in [5.41, 5.74) is 6.71. The number of hydrogen-bond donors (Lipinski definition) is 1. The maximum absolute atomic E-state index is 12.3. The Bertz CT molecular complexity index is 453. The zero-order valence-corrected chi connectivity index (χ0v) is 12.9. The number of benzene rings is 1. The Morgan fingerprint density at radius 1 is 1.24 bits per heavy atom. The number of carbonyl (C=O) groups excluding carboxylic acids is 1. The first-order valence-corrected chi connectivity index (χ1v) is 7.53. The van der Waals surface area contributed by atoms with Gasteiger partial charge in [0.2, 0.25) is 5.91 Å². The van der Waals surface area contributed by atoms with E-state index in [4.69, 9.17) is 10.5 Å². The van der Waals surface area contributed by atoms with Crippen LogP contribution in [-0.4, -0.2) is 50.6 Å². The quantitative estimate of drug-likeness (QED) is 0.889. The Hall–Kier alpha value is -1.75. The largest absolute Gasteiger partial charge is 0.497 e. The second-order valence-corrected chi connectivity index (χ2v) is 5.49. The lowest BCUT2D eigenvalue weighted by molar-refractivity contribution is -0.135. The van der Waals surface area contributed by atoms with Gasteiger partial charge >= 0.3 is 0 Å². The van der Waals surface area contributed by atoms with E-state index in [1.54, 1.807) is 7.11 Å². The standard InChI is InChI=1S/C16H25N3O2/c1-13(7-8-17)16(20)19-11-9-18(10-12-19)14-3-5-15(21-2)6-4-14/h3-6,13H,7-12,17H2,1-2H3. The summed E-state index contributed by atoms with van der Waals surface area (Å²) in [6, 6.07) is 8.06. The molecule has 5 nitrogen and oxygen atoms in total. The summed E-state index contributed by atoms with van der Waals surface area (Å²) in [4.78, 5) is 16.5. The highest BCUT2D eigenvalue weighted by molar-refractivity contribution is 5.78. The highest BCUT2D eigenvalue weighted by Gasteiger charge is 2.24. The van der Waals surface area contributed by atoms with E-state index in [0.29, 0.717) is 6.54 Å². The summed E-state index contributed by atoms with van der Waals surface area (Å²) in [6.45, 7) is 5.82. The highest BCUT2D eigenvalue weighted by atomic mass is 16.5. The molecule has 1 unspecified atom stereocenters. The molecule has 2 N–H and O–H groups in total. The van der Waals surface area contributed by atoms with E-state index >= 15 is 0 Å². The summed E-state index contributed by atoms with van der Waals surface area (Å²) >= 11 is 0. The number of piperazine rings is 1. The Morgan fingerprint density at radius 2 is 1.86 bits per heavy atom. The number of ether oxygens (including phenoxy) is 1. The van der Waals surface area contributed by atoms with Crippen molar-refractivity contribution in [3.63, 3.8) is 0 Å². The molecule has 0 aliphatic carbocycles. The number of amides is 1. The minimum atomic E-state index is 0.0301. The molecule has 1 amide bonds. The number of nitrogens with zero attached hydrogens (tertiary/aromatic N) is 2. The maximum Gasteiger partial charge on any atom is 0.225 e. The molecule has 1 fully saturated rings. The first-order chi connectivity index (χ1) is 10.2. The summed E-state index contributed by atoms with van der Waals surface area (Å²) in [5.74, 6) is 1.13. The third kappa shape index (κ3) is 3.88. The van der Waals surface area contributed by atoms with Crippen molar-refractivity contribution in [3.8, 4) is 5.75 Å². The van der Waals surface area contributed by atoms with Gasteiger partial charge in [-0.25, -0.2) is 0 Å². The van der Waals surface area contributed by atoms with Gasteiger partial charge in [-0.3, -0.25) is 4.79 Å². The van der Waals surface area contributed by atoms with Crippen molar-refractivity contribution in [2.75, 3.05) is 44.7 Å². The topological polar surface area (TPSA) is 58.8 Å². The van der Waals surface area contributed by atoms with Crippen LogP contribution in [-0.2, 0) is 4.79 Å². The minimum absolute atomic E-state index is 0.0301. The van der Waals surface area contributed by atoms with Crippen LogP contribution in [0.1, 0.15) is 13.3 Å². The predicted molar refractivity (Wildman–Crippen MR) is 84.6 cm³/mol. The zero-order chi connectivity index (χ0) is 15.2. The maximum atomic E-state index is 12.3. The Balaban J connectivity index is 1.89. The SMILES string of the molecule is COc1ccc(N2CCN(C(=O)C(C)CCN)CC2)cc1. The number of hydrogen-bond acceptors (Lipinski definition) is 4. The van der Waals surface area contributed by atoms with Gasteiger partial charge in [0.25, 0.3) is 0 Å². The molecule has 21 heavy (non-hydrogen) atoms. The van der Waals surface area contributed by atoms with Gasteiger partial charge in [-0.05, 0) is 37.2 Å². The van der Waals surface area contributed by atoms with E-state index in [1.165, 1.54) is 5.69 Å². The van der Waals surface area contributed by atoms with E-state index < -0.39 is 0 Å². The van der Waals surface area contributed by atoms with Gasteiger partial charge in [0.15, 0.2) is 0 Å². The molecular weight excluding hydrogens is 266 g/mol. The molecule has 0 saturated carbocycles. The fourth-order valence-electron chi connectivity index (χ4n) is 2.66. The lowest BCUT2D eigenvalue weighted by Crippen LogP contribution is -2.50. The average Bonchev–Trinajstić information content (AvgIpc) is 2.54. The normalized spacial score (nSPS) is 16.7. The molecule has 1 aromatic rings. The lowest BCUT2D eigenvalue weighted by atomic mass is 10.1. The molecule has 1 heterocycles. The van der Waals surface area contributed by atoms with Crippen molar-refractivity contribution in [1.82, 2.24) is 4.90 Å². The molecule has 2 rings (SSSR count). The monoisotopic (exact) mass is 291 g/mol. The summed E-state index contributed by atoms with van der Waals surface area (Å²) < 4.78 is 5.17. The second kappa shape index (κ2) is 7.31. The van der Waals surface area contributed by atoms with Crippen molar-refractivity contribution >= 4 is 11.6 Å². The number of carbonyl (C=O) groups is 1. The van der Waals surface area contributed by atoms with E-state index in [9.17, 15) is 4.79 Å². The van der Waals surface area contributed by atoms with Crippen LogP contribution in [0.2, 0.25) is 0 Å². The van der Waals surface area contributed by atoms with Gasteiger partial charge in [-0.2, -0.15) is 0 Å². The van der Waals surface area contributed by atoms with Crippen LogP contribution in [0.25, 0.3) is 0 Å². The van der Waals surface area contributed by atoms with Crippen LogP contribution in [0.3, 0.4) is 0 Å². The smallest absolute Gasteiger partial charge is 0.225 e. The first-order valence-electron chi connectivity index (χ1n) is 7.53. The molecule has 0 spiro atoms. The van der Waals surface area contributed by atoms with E-state index in [0.717, 1.165) is 38.3 Å². The van der Waals surface area contributed by atoms with Crippen molar-refractivity contribution in [1.29, 1.82) is 0 Å². The lowest BCUT2D eigenvalue weighted by Gasteiger charge is -2.37. The second-order valence-electron chi connectivity index (χ2n) is 5.49. The molecule has 5 heteroatoms. The summed E-state index contributed by atoms with van der Waals surface area (Å²) in [7, 11) is 1.67. The molecule has 116 valence electrons. The van der Waals surface area contributed by atoms with E-state index in [-0.39, 0.29) is 11.8 Å². The Kier molecular flexibility index (Phi) is 5.44. The van der Waals surface area contributed by atoms with Gasteiger partial charge < -0.3 is 20.3 Å². The third-order valence-corrected chi connectivity index (χ3v) is 4.05. The molecule has 1 atom stereocenters. The van der Waals surface area contributed by atoms with Crippen LogP contribution in [0.15, 0.2) is 24.3 Å².